The third kappa shape index (κ3) is 3.74. The number of Topliss-reactive ketones (excluding diaryl/α,β-unsaturated/α-hetero) is 1. The molecule has 2 N–H and O–H groups in total. The average Bonchev–Trinajstić information content (AvgIpc) is 3.40. The number of aromatic amines is 1. The zero-order chi connectivity index (χ0) is 25.6. The molecule has 1 fully saturated rings. The van der Waals surface area contributed by atoms with E-state index in [4.69, 9.17) is 9.47 Å². The predicted molar refractivity (Wildman–Crippen MR) is 132 cm³/mol. The Morgan fingerprint density at radius 2 is 1.72 bits per heavy atom. The van der Waals surface area contributed by atoms with E-state index < -0.39 is 29.3 Å². The Kier molecular flexibility index (Phi) is 5.68. The number of benzene rings is 3. The monoisotopic (exact) mass is 487 g/mol. The zero-order valence-corrected chi connectivity index (χ0v) is 19.7. The maximum Gasteiger partial charge on any atom is 0.302 e. The third-order valence-electron chi connectivity index (χ3n) is 6.12. The summed E-state index contributed by atoms with van der Waals surface area (Å²) in [6.07, 6.45) is 0. The standard InChI is InChI=1S/C27H22FN3O5/c1-14-5-4-6-16(11-14)23-22(24(32)15-7-9-17(28)10-8-15)25(33)26(34)31(23)27-29-18-12-20(35-2)21(36-3)13-19(18)30-27/h4-13,23,32H,1-3H3,(H,29,30)/b24-22+. The third-order valence-corrected chi connectivity index (χ3v) is 6.12. The molecule has 1 unspecified atom stereocenters. The lowest BCUT2D eigenvalue weighted by molar-refractivity contribution is -0.132. The molecule has 0 bridgehead atoms. The van der Waals surface area contributed by atoms with Crippen molar-refractivity contribution >= 4 is 34.4 Å². The minimum atomic E-state index is -0.973. The first-order valence-corrected chi connectivity index (χ1v) is 11.1. The van der Waals surface area contributed by atoms with Crippen LogP contribution in [0.2, 0.25) is 0 Å². The highest BCUT2D eigenvalue weighted by atomic mass is 19.1. The number of anilines is 1. The number of imidazole rings is 1. The number of ether oxygens (including phenoxy) is 2. The van der Waals surface area contributed by atoms with E-state index in [1.807, 2.05) is 19.1 Å². The Bertz CT molecular complexity index is 1500. The average molecular weight is 487 g/mol. The molecule has 5 rings (SSSR count). The summed E-state index contributed by atoms with van der Waals surface area (Å²) in [6, 6.07) is 14.7. The second kappa shape index (κ2) is 8.84. The summed E-state index contributed by atoms with van der Waals surface area (Å²) in [6.45, 7) is 1.88. The van der Waals surface area contributed by atoms with Gasteiger partial charge in [-0.05, 0) is 36.8 Å². The molecule has 1 atom stereocenters. The van der Waals surface area contributed by atoms with Crippen LogP contribution in [0.4, 0.5) is 10.3 Å². The van der Waals surface area contributed by atoms with E-state index >= 15 is 0 Å². The first-order chi connectivity index (χ1) is 17.3. The van der Waals surface area contributed by atoms with Crippen LogP contribution in [0.15, 0.2) is 66.2 Å². The van der Waals surface area contributed by atoms with Crippen LogP contribution in [-0.4, -0.2) is 41.0 Å². The Labute approximate surface area is 205 Å². The van der Waals surface area contributed by atoms with Gasteiger partial charge in [0.25, 0.3) is 5.78 Å². The van der Waals surface area contributed by atoms with Crippen molar-refractivity contribution in [3.8, 4) is 11.5 Å². The van der Waals surface area contributed by atoms with Crippen LogP contribution in [0.1, 0.15) is 22.7 Å². The molecule has 36 heavy (non-hydrogen) atoms. The molecule has 9 heteroatoms. The fraction of sp³-hybridized carbons (Fsp3) is 0.148. The number of ketones is 1. The molecule has 0 saturated carbocycles. The van der Waals surface area contributed by atoms with Gasteiger partial charge in [0.1, 0.15) is 11.6 Å². The van der Waals surface area contributed by atoms with Gasteiger partial charge >= 0.3 is 5.91 Å². The molecule has 8 nitrogen and oxygen atoms in total. The summed E-state index contributed by atoms with van der Waals surface area (Å²) in [5.41, 5.74) is 2.66. The highest BCUT2D eigenvalue weighted by Crippen LogP contribution is 2.42. The maximum absolute atomic E-state index is 13.5. The van der Waals surface area contributed by atoms with E-state index in [0.717, 1.165) is 5.56 Å². The number of hydrogen-bond acceptors (Lipinski definition) is 6. The summed E-state index contributed by atoms with van der Waals surface area (Å²) >= 11 is 0. The fourth-order valence-electron chi connectivity index (χ4n) is 4.41. The zero-order valence-electron chi connectivity index (χ0n) is 19.7. The van der Waals surface area contributed by atoms with Crippen LogP contribution >= 0.6 is 0 Å². The molecule has 0 spiro atoms. The van der Waals surface area contributed by atoms with E-state index in [-0.39, 0.29) is 17.1 Å². The Balaban J connectivity index is 1.72. The quantitative estimate of drug-likeness (QED) is 0.241. The molecule has 1 aliphatic heterocycles. The molecule has 4 aromatic rings. The van der Waals surface area contributed by atoms with Gasteiger partial charge in [0.2, 0.25) is 5.95 Å². The fourth-order valence-corrected chi connectivity index (χ4v) is 4.41. The number of aliphatic hydroxyl groups excluding tert-OH is 1. The maximum atomic E-state index is 13.5. The second-order valence-electron chi connectivity index (χ2n) is 8.37. The van der Waals surface area contributed by atoms with E-state index in [2.05, 4.69) is 9.97 Å². The van der Waals surface area contributed by atoms with Gasteiger partial charge in [-0.15, -0.1) is 0 Å². The van der Waals surface area contributed by atoms with Gasteiger partial charge in [-0.2, -0.15) is 0 Å². The first-order valence-electron chi connectivity index (χ1n) is 11.1. The lowest BCUT2D eigenvalue weighted by Gasteiger charge is -2.23. The number of H-pyrrole nitrogens is 1. The van der Waals surface area contributed by atoms with E-state index in [1.165, 1.54) is 43.4 Å². The molecular formula is C27H22FN3O5. The van der Waals surface area contributed by atoms with Gasteiger partial charge in [0.15, 0.2) is 11.5 Å². The molecule has 0 radical (unpaired) electrons. The van der Waals surface area contributed by atoms with E-state index in [0.29, 0.717) is 28.1 Å². The van der Waals surface area contributed by atoms with Gasteiger partial charge in [-0.3, -0.25) is 14.5 Å². The number of amides is 1. The predicted octanol–water partition coefficient (Wildman–Crippen LogP) is 4.65. The first kappa shape index (κ1) is 23.1. The van der Waals surface area contributed by atoms with Crippen molar-refractivity contribution in [1.29, 1.82) is 0 Å². The minimum absolute atomic E-state index is 0.118. The summed E-state index contributed by atoms with van der Waals surface area (Å²) in [5.74, 6) is -1.59. The second-order valence-corrected chi connectivity index (χ2v) is 8.37. The Hall–Kier alpha value is -4.66. The molecule has 3 aromatic carbocycles. The van der Waals surface area contributed by atoms with Crippen molar-refractivity contribution in [2.75, 3.05) is 19.1 Å². The topological polar surface area (TPSA) is 105 Å². The molecule has 0 aliphatic carbocycles. The smallest absolute Gasteiger partial charge is 0.302 e. The number of methoxy groups -OCH3 is 2. The Morgan fingerprint density at radius 1 is 1.03 bits per heavy atom. The van der Waals surface area contributed by atoms with Gasteiger partial charge in [0, 0.05) is 17.7 Å². The van der Waals surface area contributed by atoms with Crippen LogP contribution in [0, 0.1) is 12.7 Å². The summed E-state index contributed by atoms with van der Waals surface area (Å²) < 4.78 is 24.2. The summed E-state index contributed by atoms with van der Waals surface area (Å²) in [7, 11) is 3.01. The van der Waals surface area contributed by atoms with Crippen molar-refractivity contribution in [2.45, 2.75) is 13.0 Å². The number of aromatic nitrogens is 2. The largest absolute Gasteiger partial charge is 0.507 e. The molecular weight excluding hydrogens is 465 g/mol. The van der Waals surface area contributed by atoms with Gasteiger partial charge in [0.05, 0.1) is 36.9 Å². The SMILES string of the molecule is COc1cc2nc(N3C(=O)C(=O)/C(=C(/O)c4ccc(F)cc4)C3c3cccc(C)c3)[nH]c2cc1OC. The van der Waals surface area contributed by atoms with Crippen molar-refractivity contribution in [3.05, 3.63) is 88.7 Å². The van der Waals surface area contributed by atoms with Crippen LogP contribution in [0.5, 0.6) is 11.5 Å². The number of halogens is 1. The van der Waals surface area contributed by atoms with Crippen LogP contribution in [0.3, 0.4) is 0 Å². The highest BCUT2D eigenvalue weighted by Gasteiger charge is 2.48. The van der Waals surface area contributed by atoms with Crippen LogP contribution in [-0.2, 0) is 9.59 Å². The normalized spacial score (nSPS) is 17.1. The lowest BCUT2D eigenvalue weighted by atomic mass is 9.94. The summed E-state index contributed by atoms with van der Waals surface area (Å²) in [4.78, 5) is 35.5. The van der Waals surface area contributed by atoms with Gasteiger partial charge in [-0.25, -0.2) is 9.37 Å². The molecule has 1 aliphatic rings. The number of carbonyl (C=O) groups excluding carboxylic acids is 2. The number of aliphatic hydroxyl groups is 1. The van der Waals surface area contributed by atoms with E-state index in [1.54, 1.807) is 24.3 Å². The summed E-state index contributed by atoms with van der Waals surface area (Å²) in [5, 5.41) is 11.1. The highest BCUT2D eigenvalue weighted by molar-refractivity contribution is 6.51. The van der Waals surface area contributed by atoms with Gasteiger partial charge < -0.3 is 19.6 Å². The Morgan fingerprint density at radius 3 is 2.39 bits per heavy atom. The number of carbonyl (C=O) groups is 2. The number of fused-ring (bicyclic) bond motifs is 1. The number of rotatable bonds is 5. The minimum Gasteiger partial charge on any atom is -0.507 e. The molecule has 1 amide bonds. The van der Waals surface area contributed by atoms with Crippen LogP contribution < -0.4 is 14.4 Å². The lowest BCUT2D eigenvalue weighted by Crippen LogP contribution is -2.30. The molecule has 1 saturated heterocycles. The molecule has 2 heterocycles. The number of aryl methyl sites for hydroxylation is 1. The van der Waals surface area contributed by atoms with Crippen molar-refractivity contribution < 1.29 is 28.6 Å². The number of nitrogens with one attached hydrogen (secondary N) is 1. The van der Waals surface area contributed by atoms with Crippen molar-refractivity contribution in [3.63, 3.8) is 0 Å². The van der Waals surface area contributed by atoms with Crippen LogP contribution in [0.25, 0.3) is 16.8 Å². The number of hydrogen-bond donors (Lipinski definition) is 2. The molecule has 1 aromatic heterocycles. The van der Waals surface area contributed by atoms with Crippen molar-refractivity contribution in [2.24, 2.45) is 0 Å². The number of nitrogens with zero attached hydrogens (tertiary/aromatic N) is 2. The van der Waals surface area contributed by atoms with Gasteiger partial charge in [-0.1, -0.05) is 29.8 Å². The van der Waals surface area contributed by atoms with Crippen molar-refractivity contribution in [1.82, 2.24) is 9.97 Å². The molecule has 182 valence electrons. The van der Waals surface area contributed by atoms with E-state index in [9.17, 15) is 19.1 Å².